The van der Waals surface area contributed by atoms with E-state index in [-0.39, 0.29) is 11.2 Å². The van der Waals surface area contributed by atoms with E-state index >= 15 is 0 Å². The molecule has 0 heterocycles. The maximum atomic E-state index is 12.7. The number of nitriles is 1. The van der Waals surface area contributed by atoms with Gasteiger partial charge in [0.2, 0.25) is 5.78 Å². The fraction of sp³-hybridized carbons (Fsp3) is 0.231. The minimum Gasteiger partial charge on any atom is -0.483 e. The molecule has 0 saturated heterocycles. The largest absolute Gasteiger partial charge is 0.483 e. The summed E-state index contributed by atoms with van der Waals surface area (Å²) in [6.45, 7) is 8.22. The van der Waals surface area contributed by atoms with Gasteiger partial charge in [-0.05, 0) is 53.3 Å². The van der Waals surface area contributed by atoms with E-state index in [0.29, 0.717) is 16.9 Å². The first-order valence-corrected chi connectivity index (χ1v) is 9.70. The minimum atomic E-state index is -0.573. The van der Waals surface area contributed by atoms with E-state index in [1.54, 1.807) is 19.1 Å². The van der Waals surface area contributed by atoms with E-state index in [9.17, 15) is 4.79 Å². The maximum Gasteiger partial charge on any atom is 0.202 e. The molecule has 0 N–H and O–H groups in total. The summed E-state index contributed by atoms with van der Waals surface area (Å²) in [6, 6.07) is 24.9. The van der Waals surface area contributed by atoms with Gasteiger partial charge >= 0.3 is 0 Å². The number of nitrogens with zero attached hydrogens (tertiary/aromatic N) is 1. The van der Waals surface area contributed by atoms with Crippen LogP contribution in [0.15, 0.2) is 72.8 Å². The van der Waals surface area contributed by atoms with Crippen LogP contribution in [0, 0.1) is 11.3 Å². The molecule has 0 bridgehead atoms. The molecule has 0 saturated carbocycles. The van der Waals surface area contributed by atoms with Gasteiger partial charge in [-0.25, -0.2) is 0 Å². The topological polar surface area (TPSA) is 50.1 Å². The molecule has 3 aromatic rings. The first-order valence-electron chi connectivity index (χ1n) is 9.70. The number of Topliss-reactive ketones (excluding diaryl/α,β-unsaturated/α-hetero) is 1. The second-order valence-corrected chi connectivity index (χ2v) is 8.17. The van der Waals surface area contributed by atoms with E-state index < -0.39 is 6.10 Å². The Bertz CT molecular complexity index is 1020. The van der Waals surface area contributed by atoms with Crippen LogP contribution in [0.25, 0.3) is 11.1 Å². The summed E-state index contributed by atoms with van der Waals surface area (Å²) in [7, 11) is 0. The van der Waals surface area contributed by atoms with Crippen LogP contribution in [0.3, 0.4) is 0 Å². The molecule has 0 aromatic heterocycles. The van der Waals surface area contributed by atoms with Crippen LogP contribution in [-0.2, 0) is 5.41 Å². The lowest BCUT2D eigenvalue weighted by Gasteiger charge is -2.19. The zero-order chi connectivity index (χ0) is 21.0. The lowest BCUT2D eigenvalue weighted by Crippen LogP contribution is -2.24. The third-order valence-corrected chi connectivity index (χ3v) is 4.92. The Morgan fingerprint density at radius 3 is 1.86 bits per heavy atom. The van der Waals surface area contributed by atoms with Crippen LogP contribution < -0.4 is 4.74 Å². The van der Waals surface area contributed by atoms with Crippen molar-refractivity contribution in [3.63, 3.8) is 0 Å². The Kier molecular flexibility index (Phi) is 5.84. The lowest BCUT2D eigenvalue weighted by molar-refractivity contribution is 0.0818. The number of ketones is 1. The average molecular weight is 383 g/mol. The van der Waals surface area contributed by atoms with Gasteiger partial charge in [-0.1, -0.05) is 69.3 Å². The van der Waals surface area contributed by atoms with Crippen molar-refractivity contribution in [3.8, 4) is 22.9 Å². The standard InChI is InChI=1S/C26H25NO2/c1-18(25(28)22-9-13-23(14-10-22)26(2,3)4)29-24-15-11-21(12-16-24)20-7-5-19(17-27)6-8-20/h5-16,18H,1-4H3. The van der Waals surface area contributed by atoms with Crippen molar-refractivity contribution in [3.05, 3.63) is 89.5 Å². The summed E-state index contributed by atoms with van der Waals surface area (Å²) >= 11 is 0. The molecule has 146 valence electrons. The molecule has 3 heteroatoms. The number of rotatable bonds is 5. The summed E-state index contributed by atoms with van der Waals surface area (Å²) in [5, 5.41) is 8.90. The molecule has 3 nitrogen and oxygen atoms in total. The van der Waals surface area contributed by atoms with E-state index in [1.807, 2.05) is 60.7 Å². The molecule has 0 fully saturated rings. The number of benzene rings is 3. The summed E-state index contributed by atoms with van der Waals surface area (Å²) in [5.41, 5.74) is 4.59. The Hall–Kier alpha value is -3.38. The second kappa shape index (κ2) is 8.32. The Balaban J connectivity index is 1.67. The zero-order valence-electron chi connectivity index (χ0n) is 17.3. The highest BCUT2D eigenvalue weighted by Crippen LogP contribution is 2.25. The van der Waals surface area contributed by atoms with Crippen LogP contribution >= 0.6 is 0 Å². The lowest BCUT2D eigenvalue weighted by atomic mass is 9.86. The quantitative estimate of drug-likeness (QED) is 0.495. The number of hydrogen-bond donors (Lipinski definition) is 0. The highest BCUT2D eigenvalue weighted by molar-refractivity contribution is 5.99. The van der Waals surface area contributed by atoms with Crippen LogP contribution in [0.5, 0.6) is 5.75 Å². The highest BCUT2D eigenvalue weighted by Gasteiger charge is 2.19. The summed E-state index contributed by atoms with van der Waals surface area (Å²) in [6.07, 6.45) is -0.573. The predicted molar refractivity (Wildman–Crippen MR) is 116 cm³/mol. The zero-order valence-corrected chi connectivity index (χ0v) is 17.3. The predicted octanol–water partition coefficient (Wildman–Crippen LogP) is 6.17. The van der Waals surface area contributed by atoms with Crippen molar-refractivity contribution < 1.29 is 9.53 Å². The summed E-state index contributed by atoms with van der Waals surface area (Å²) < 4.78 is 5.86. The van der Waals surface area contributed by atoms with E-state index in [2.05, 4.69) is 26.8 Å². The monoisotopic (exact) mass is 383 g/mol. The van der Waals surface area contributed by atoms with Crippen LogP contribution in [-0.4, -0.2) is 11.9 Å². The third-order valence-electron chi connectivity index (χ3n) is 4.92. The molecule has 3 rings (SSSR count). The van der Waals surface area contributed by atoms with Gasteiger partial charge in [0.1, 0.15) is 5.75 Å². The van der Waals surface area contributed by atoms with Crippen molar-refractivity contribution in [2.75, 3.05) is 0 Å². The van der Waals surface area contributed by atoms with Crippen molar-refractivity contribution in [1.29, 1.82) is 5.26 Å². The first kappa shape index (κ1) is 20.4. The van der Waals surface area contributed by atoms with E-state index in [0.717, 1.165) is 11.1 Å². The molecular weight excluding hydrogens is 358 g/mol. The first-order chi connectivity index (χ1) is 13.8. The van der Waals surface area contributed by atoms with E-state index in [4.69, 9.17) is 10.00 Å². The number of ether oxygens (including phenoxy) is 1. The van der Waals surface area contributed by atoms with Crippen molar-refractivity contribution >= 4 is 5.78 Å². The molecule has 0 aliphatic heterocycles. The van der Waals surface area contributed by atoms with Crippen LogP contribution in [0.1, 0.15) is 49.2 Å². The number of carbonyl (C=O) groups is 1. The molecule has 3 aromatic carbocycles. The molecule has 29 heavy (non-hydrogen) atoms. The Morgan fingerprint density at radius 1 is 0.862 bits per heavy atom. The van der Waals surface area contributed by atoms with Gasteiger partial charge in [-0.2, -0.15) is 5.26 Å². The van der Waals surface area contributed by atoms with Gasteiger partial charge in [0, 0.05) is 5.56 Å². The molecule has 0 radical (unpaired) electrons. The third kappa shape index (κ3) is 4.92. The fourth-order valence-electron chi connectivity index (χ4n) is 3.09. The van der Waals surface area contributed by atoms with Crippen molar-refractivity contribution in [2.24, 2.45) is 0 Å². The SMILES string of the molecule is CC(Oc1ccc(-c2ccc(C#N)cc2)cc1)C(=O)c1ccc(C(C)(C)C)cc1. The summed E-state index contributed by atoms with van der Waals surface area (Å²) in [4.78, 5) is 12.7. The normalized spacial score (nSPS) is 12.1. The van der Waals surface area contributed by atoms with Crippen molar-refractivity contribution in [1.82, 2.24) is 0 Å². The Morgan fingerprint density at radius 2 is 1.38 bits per heavy atom. The molecule has 0 amide bonds. The molecule has 1 unspecified atom stereocenters. The molecule has 0 aliphatic rings. The number of carbonyl (C=O) groups excluding carboxylic acids is 1. The number of hydrogen-bond acceptors (Lipinski definition) is 3. The average Bonchev–Trinajstić information content (AvgIpc) is 2.73. The van der Waals surface area contributed by atoms with Crippen LogP contribution in [0.4, 0.5) is 0 Å². The Labute approximate surface area is 172 Å². The van der Waals surface area contributed by atoms with Crippen molar-refractivity contribution in [2.45, 2.75) is 39.2 Å². The minimum absolute atomic E-state index is 0.0402. The van der Waals surface area contributed by atoms with Gasteiger partial charge in [-0.15, -0.1) is 0 Å². The van der Waals surface area contributed by atoms with Gasteiger partial charge < -0.3 is 4.74 Å². The molecule has 0 spiro atoms. The molecule has 1 atom stereocenters. The second-order valence-electron chi connectivity index (χ2n) is 8.17. The van der Waals surface area contributed by atoms with Gasteiger partial charge in [0.25, 0.3) is 0 Å². The van der Waals surface area contributed by atoms with Gasteiger partial charge in [0.05, 0.1) is 11.6 Å². The molecular formula is C26H25NO2. The fourth-order valence-corrected chi connectivity index (χ4v) is 3.09. The van der Waals surface area contributed by atoms with Gasteiger partial charge in [0.15, 0.2) is 6.10 Å². The van der Waals surface area contributed by atoms with Gasteiger partial charge in [-0.3, -0.25) is 4.79 Å². The van der Waals surface area contributed by atoms with Crippen LogP contribution in [0.2, 0.25) is 0 Å². The smallest absolute Gasteiger partial charge is 0.202 e. The van der Waals surface area contributed by atoms with E-state index in [1.165, 1.54) is 5.56 Å². The summed E-state index contributed by atoms with van der Waals surface area (Å²) in [5.74, 6) is 0.608. The maximum absolute atomic E-state index is 12.7. The molecule has 0 aliphatic carbocycles. The highest BCUT2D eigenvalue weighted by atomic mass is 16.5.